The fourth-order valence-electron chi connectivity index (χ4n) is 2.67. The molecular formula is C16H26N2OS. The summed E-state index contributed by atoms with van der Waals surface area (Å²) in [6.45, 7) is 6.99. The molecule has 0 bridgehead atoms. The van der Waals surface area contributed by atoms with Gasteiger partial charge in [0.2, 0.25) is 0 Å². The standard InChI is InChI=1S/C16H26N2OS/c1-3-9-19-15-6-4-14(5-7-15)16(11-17)18-8-10-20-12-13(18)2/h4-7,13,16H,3,8-12,17H2,1-2H3. The van der Waals surface area contributed by atoms with Gasteiger partial charge in [0.05, 0.1) is 6.61 Å². The molecule has 2 N–H and O–H groups in total. The van der Waals surface area contributed by atoms with Crippen molar-refractivity contribution in [1.82, 2.24) is 4.90 Å². The lowest BCUT2D eigenvalue weighted by atomic mass is 10.0. The van der Waals surface area contributed by atoms with Crippen LogP contribution < -0.4 is 10.5 Å². The molecule has 1 aliphatic rings. The summed E-state index contributed by atoms with van der Waals surface area (Å²) in [6, 6.07) is 9.38. The van der Waals surface area contributed by atoms with Gasteiger partial charge in [-0.1, -0.05) is 19.1 Å². The van der Waals surface area contributed by atoms with E-state index in [4.69, 9.17) is 10.5 Å². The average molecular weight is 294 g/mol. The van der Waals surface area contributed by atoms with Gasteiger partial charge in [0.1, 0.15) is 5.75 Å². The number of ether oxygens (including phenoxy) is 1. The molecule has 0 spiro atoms. The van der Waals surface area contributed by atoms with Crippen LogP contribution in [-0.4, -0.2) is 42.1 Å². The molecule has 20 heavy (non-hydrogen) atoms. The number of hydrogen-bond donors (Lipinski definition) is 1. The largest absolute Gasteiger partial charge is 0.494 e. The van der Waals surface area contributed by atoms with Gasteiger partial charge in [0.15, 0.2) is 0 Å². The maximum Gasteiger partial charge on any atom is 0.119 e. The first kappa shape index (κ1) is 15.7. The van der Waals surface area contributed by atoms with Crippen molar-refractivity contribution in [2.45, 2.75) is 32.4 Å². The SMILES string of the molecule is CCCOc1ccc(C(CN)N2CCSCC2C)cc1. The van der Waals surface area contributed by atoms with Gasteiger partial charge >= 0.3 is 0 Å². The third-order valence-corrected chi connectivity index (χ3v) is 4.97. The second-order valence-corrected chi connectivity index (χ2v) is 6.48. The summed E-state index contributed by atoms with van der Waals surface area (Å²) in [6.07, 6.45) is 1.04. The highest BCUT2D eigenvalue weighted by Crippen LogP contribution is 2.28. The number of rotatable bonds is 6. The lowest BCUT2D eigenvalue weighted by Gasteiger charge is -2.39. The van der Waals surface area contributed by atoms with Gasteiger partial charge in [0, 0.05) is 36.7 Å². The van der Waals surface area contributed by atoms with Gasteiger partial charge in [0.25, 0.3) is 0 Å². The minimum absolute atomic E-state index is 0.325. The Labute approximate surface area is 126 Å². The number of hydrogen-bond acceptors (Lipinski definition) is 4. The molecule has 2 rings (SSSR count). The van der Waals surface area contributed by atoms with Crippen molar-refractivity contribution in [1.29, 1.82) is 0 Å². The molecular weight excluding hydrogens is 268 g/mol. The molecule has 1 aliphatic heterocycles. The van der Waals surface area contributed by atoms with E-state index in [1.54, 1.807) is 0 Å². The molecule has 0 amide bonds. The highest BCUT2D eigenvalue weighted by Gasteiger charge is 2.26. The summed E-state index contributed by atoms with van der Waals surface area (Å²) in [5.74, 6) is 3.36. The van der Waals surface area contributed by atoms with Crippen LogP contribution in [-0.2, 0) is 0 Å². The van der Waals surface area contributed by atoms with Crippen molar-refractivity contribution in [3.05, 3.63) is 29.8 Å². The molecule has 0 aromatic heterocycles. The zero-order valence-corrected chi connectivity index (χ0v) is 13.4. The predicted octanol–water partition coefficient (Wildman–Crippen LogP) is 2.91. The third kappa shape index (κ3) is 3.90. The highest BCUT2D eigenvalue weighted by atomic mass is 32.2. The molecule has 2 unspecified atom stereocenters. The summed E-state index contributed by atoms with van der Waals surface area (Å²) in [4.78, 5) is 2.54. The quantitative estimate of drug-likeness (QED) is 0.875. The molecule has 4 heteroatoms. The van der Waals surface area contributed by atoms with Crippen molar-refractivity contribution in [2.24, 2.45) is 5.73 Å². The molecule has 1 aromatic carbocycles. The third-order valence-electron chi connectivity index (χ3n) is 3.78. The van der Waals surface area contributed by atoms with E-state index in [0.29, 0.717) is 18.6 Å². The molecule has 112 valence electrons. The highest BCUT2D eigenvalue weighted by molar-refractivity contribution is 7.99. The topological polar surface area (TPSA) is 38.5 Å². The lowest BCUT2D eigenvalue weighted by Crippen LogP contribution is -2.45. The fraction of sp³-hybridized carbons (Fsp3) is 0.625. The van der Waals surface area contributed by atoms with E-state index in [1.165, 1.54) is 17.1 Å². The van der Waals surface area contributed by atoms with Crippen molar-refractivity contribution in [3.8, 4) is 5.75 Å². The van der Waals surface area contributed by atoms with Crippen LogP contribution in [0.3, 0.4) is 0 Å². The van der Waals surface area contributed by atoms with E-state index in [0.717, 1.165) is 25.3 Å². The summed E-state index contributed by atoms with van der Waals surface area (Å²) >= 11 is 2.04. The minimum atomic E-state index is 0.325. The monoisotopic (exact) mass is 294 g/mol. The molecule has 1 heterocycles. The molecule has 0 saturated carbocycles. The van der Waals surface area contributed by atoms with E-state index in [2.05, 4.69) is 43.0 Å². The maximum atomic E-state index is 6.04. The van der Waals surface area contributed by atoms with Gasteiger partial charge in [-0.25, -0.2) is 0 Å². The van der Waals surface area contributed by atoms with Crippen LogP contribution >= 0.6 is 11.8 Å². The second kappa shape index (κ2) is 7.91. The van der Waals surface area contributed by atoms with Crippen LogP contribution in [0.2, 0.25) is 0 Å². The van der Waals surface area contributed by atoms with Crippen LogP contribution in [0.5, 0.6) is 5.75 Å². The van der Waals surface area contributed by atoms with Crippen molar-refractivity contribution in [2.75, 3.05) is 31.2 Å². The zero-order chi connectivity index (χ0) is 14.4. The Bertz CT molecular complexity index is 396. The number of benzene rings is 1. The average Bonchev–Trinajstić information content (AvgIpc) is 2.49. The summed E-state index contributed by atoms with van der Waals surface area (Å²) in [5.41, 5.74) is 7.34. The van der Waals surface area contributed by atoms with Gasteiger partial charge in [-0.2, -0.15) is 11.8 Å². The smallest absolute Gasteiger partial charge is 0.119 e. The van der Waals surface area contributed by atoms with E-state index >= 15 is 0 Å². The summed E-state index contributed by atoms with van der Waals surface area (Å²) in [5, 5.41) is 0. The second-order valence-electron chi connectivity index (χ2n) is 5.33. The Hall–Kier alpha value is -0.710. The van der Waals surface area contributed by atoms with Gasteiger partial charge in [-0.05, 0) is 31.0 Å². The Morgan fingerprint density at radius 3 is 2.75 bits per heavy atom. The number of nitrogens with zero attached hydrogens (tertiary/aromatic N) is 1. The molecule has 1 saturated heterocycles. The summed E-state index contributed by atoms with van der Waals surface area (Å²) < 4.78 is 5.64. The lowest BCUT2D eigenvalue weighted by molar-refractivity contribution is 0.166. The first-order chi connectivity index (χ1) is 9.76. The Morgan fingerprint density at radius 2 is 2.15 bits per heavy atom. The Kier molecular flexibility index (Phi) is 6.20. The van der Waals surface area contributed by atoms with Crippen LogP contribution in [0.25, 0.3) is 0 Å². The van der Waals surface area contributed by atoms with Gasteiger partial charge in [-0.3, -0.25) is 4.90 Å². The molecule has 1 fully saturated rings. The van der Waals surface area contributed by atoms with E-state index in [9.17, 15) is 0 Å². The van der Waals surface area contributed by atoms with Gasteiger partial charge in [-0.15, -0.1) is 0 Å². The van der Waals surface area contributed by atoms with Crippen molar-refractivity contribution in [3.63, 3.8) is 0 Å². The predicted molar refractivity (Wildman–Crippen MR) is 87.5 cm³/mol. The van der Waals surface area contributed by atoms with Crippen LogP contribution in [0, 0.1) is 0 Å². The van der Waals surface area contributed by atoms with Crippen molar-refractivity contribution < 1.29 is 4.74 Å². The number of nitrogens with two attached hydrogens (primary N) is 1. The molecule has 0 aliphatic carbocycles. The van der Waals surface area contributed by atoms with Crippen molar-refractivity contribution >= 4 is 11.8 Å². The Balaban J connectivity index is 2.06. The number of thioether (sulfide) groups is 1. The first-order valence-electron chi connectivity index (χ1n) is 7.52. The zero-order valence-electron chi connectivity index (χ0n) is 12.5. The normalized spacial score (nSPS) is 21.6. The summed E-state index contributed by atoms with van der Waals surface area (Å²) in [7, 11) is 0. The van der Waals surface area contributed by atoms with E-state index in [1.807, 2.05) is 11.8 Å². The maximum absolute atomic E-state index is 6.04. The van der Waals surface area contributed by atoms with E-state index < -0.39 is 0 Å². The molecule has 1 aromatic rings. The van der Waals surface area contributed by atoms with Crippen LogP contribution in [0.4, 0.5) is 0 Å². The van der Waals surface area contributed by atoms with Crippen LogP contribution in [0.1, 0.15) is 31.9 Å². The van der Waals surface area contributed by atoms with Gasteiger partial charge < -0.3 is 10.5 Å². The molecule has 0 radical (unpaired) electrons. The minimum Gasteiger partial charge on any atom is -0.494 e. The van der Waals surface area contributed by atoms with Crippen LogP contribution in [0.15, 0.2) is 24.3 Å². The molecule has 2 atom stereocenters. The van der Waals surface area contributed by atoms with E-state index in [-0.39, 0.29) is 0 Å². The first-order valence-corrected chi connectivity index (χ1v) is 8.68. The molecule has 3 nitrogen and oxygen atoms in total. The Morgan fingerprint density at radius 1 is 1.40 bits per heavy atom. The fourth-order valence-corrected chi connectivity index (χ4v) is 3.71.